The van der Waals surface area contributed by atoms with Crippen LogP contribution < -0.4 is 9.47 Å². The van der Waals surface area contributed by atoms with Crippen LogP contribution in [0.3, 0.4) is 0 Å². The first-order valence-corrected chi connectivity index (χ1v) is 11.1. The molecule has 0 bridgehead atoms. The molecule has 0 spiro atoms. The fourth-order valence-corrected chi connectivity index (χ4v) is 4.96. The second kappa shape index (κ2) is 7.68. The highest BCUT2D eigenvalue weighted by atomic mass is 32.2. The van der Waals surface area contributed by atoms with Crippen molar-refractivity contribution < 1.29 is 22.7 Å². The maximum Gasteiger partial charge on any atom is 0.253 e. The molecular formula is C21H24N2O5S. The van der Waals surface area contributed by atoms with Gasteiger partial charge in [0.2, 0.25) is 10.0 Å². The van der Waals surface area contributed by atoms with Gasteiger partial charge in [-0.05, 0) is 49.2 Å². The second-order valence-corrected chi connectivity index (χ2v) is 9.24. The molecule has 2 aliphatic rings. The summed E-state index contributed by atoms with van der Waals surface area (Å²) in [6, 6.07) is 10.3. The average Bonchev–Trinajstić information content (AvgIpc) is 2.75. The summed E-state index contributed by atoms with van der Waals surface area (Å²) in [7, 11) is -3.66. The Morgan fingerprint density at radius 1 is 0.862 bits per heavy atom. The summed E-state index contributed by atoms with van der Waals surface area (Å²) in [4.78, 5) is 14.7. The molecule has 0 N–H and O–H groups in total. The van der Waals surface area contributed by atoms with Crippen LogP contribution in [0.4, 0.5) is 0 Å². The molecule has 0 aliphatic carbocycles. The Morgan fingerprint density at radius 3 is 2.24 bits per heavy atom. The second-order valence-electron chi connectivity index (χ2n) is 7.30. The molecule has 2 heterocycles. The number of carbonyl (C=O) groups excluding carboxylic acids is 1. The van der Waals surface area contributed by atoms with Crippen LogP contribution in [-0.2, 0) is 10.0 Å². The minimum Gasteiger partial charge on any atom is -0.486 e. The van der Waals surface area contributed by atoms with Gasteiger partial charge < -0.3 is 14.4 Å². The number of nitrogens with zero attached hydrogens (tertiary/aromatic N) is 2. The van der Waals surface area contributed by atoms with E-state index in [-0.39, 0.29) is 23.9 Å². The Morgan fingerprint density at radius 2 is 1.55 bits per heavy atom. The van der Waals surface area contributed by atoms with E-state index in [2.05, 4.69) is 0 Å². The van der Waals surface area contributed by atoms with E-state index in [0.29, 0.717) is 43.4 Å². The first-order valence-electron chi connectivity index (χ1n) is 9.62. The van der Waals surface area contributed by atoms with E-state index in [9.17, 15) is 13.2 Å². The third-order valence-corrected chi connectivity index (χ3v) is 7.33. The molecule has 8 heteroatoms. The summed E-state index contributed by atoms with van der Waals surface area (Å²) in [5.41, 5.74) is 2.84. The molecule has 1 amide bonds. The minimum atomic E-state index is -3.66. The van der Waals surface area contributed by atoms with Crippen molar-refractivity contribution in [2.75, 3.05) is 39.4 Å². The first-order chi connectivity index (χ1) is 13.9. The normalized spacial score (nSPS) is 17.2. The zero-order chi connectivity index (χ0) is 20.6. The van der Waals surface area contributed by atoms with E-state index >= 15 is 0 Å². The highest BCUT2D eigenvalue weighted by molar-refractivity contribution is 7.89. The molecule has 2 aromatic carbocycles. The predicted octanol–water partition coefficient (Wildman–Crippen LogP) is 2.22. The van der Waals surface area contributed by atoms with E-state index in [4.69, 9.17) is 9.47 Å². The van der Waals surface area contributed by atoms with Gasteiger partial charge in [0.1, 0.15) is 13.2 Å². The zero-order valence-electron chi connectivity index (χ0n) is 16.6. The third kappa shape index (κ3) is 3.82. The largest absolute Gasteiger partial charge is 0.486 e. The van der Waals surface area contributed by atoms with Gasteiger partial charge in [0.25, 0.3) is 5.91 Å². The van der Waals surface area contributed by atoms with E-state index in [1.165, 1.54) is 16.4 Å². The number of piperazine rings is 1. The Labute approximate surface area is 170 Å². The molecule has 4 rings (SSSR count). The number of carbonyl (C=O) groups is 1. The molecular weight excluding hydrogens is 392 g/mol. The van der Waals surface area contributed by atoms with Crippen LogP contribution in [0, 0.1) is 13.8 Å². The highest BCUT2D eigenvalue weighted by Gasteiger charge is 2.31. The molecule has 0 atom stereocenters. The van der Waals surface area contributed by atoms with Crippen molar-refractivity contribution >= 4 is 15.9 Å². The molecule has 0 radical (unpaired) electrons. The lowest BCUT2D eigenvalue weighted by molar-refractivity contribution is 0.0698. The van der Waals surface area contributed by atoms with Crippen molar-refractivity contribution in [2.24, 2.45) is 0 Å². The third-order valence-electron chi connectivity index (χ3n) is 5.43. The number of fused-ring (bicyclic) bond motifs is 1. The SMILES string of the molecule is Cc1ccc(C(=O)N2CCN(S(=O)(=O)c3ccc4c(c3)OCCO4)CC2)cc1C. The smallest absolute Gasteiger partial charge is 0.253 e. The lowest BCUT2D eigenvalue weighted by Gasteiger charge is -2.34. The van der Waals surface area contributed by atoms with Crippen LogP contribution in [-0.4, -0.2) is 62.9 Å². The zero-order valence-corrected chi connectivity index (χ0v) is 17.4. The summed E-state index contributed by atoms with van der Waals surface area (Å²) >= 11 is 0. The van der Waals surface area contributed by atoms with Crippen molar-refractivity contribution in [1.82, 2.24) is 9.21 Å². The average molecular weight is 416 g/mol. The number of sulfonamides is 1. The van der Waals surface area contributed by atoms with E-state index in [1.807, 2.05) is 32.0 Å². The molecule has 2 aromatic rings. The summed E-state index contributed by atoms with van der Waals surface area (Å²) < 4.78 is 38.4. The Balaban J connectivity index is 1.46. The van der Waals surface area contributed by atoms with Gasteiger partial charge in [-0.25, -0.2) is 8.42 Å². The fourth-order valence-electron chi connectivity index (χ4n) is 3.52. The lowest BCUT2D eigenvalue weighted by Crippen LogP contribution is -2.50. The van der Waals surface area contributed by atoms with Crippen molar-refractivity contribution in [3.05, 3.63) is 53.1 Å². The Kier molecular flexibility index (Phi) is 5.23. The van der Waals surface area contributed by atoms with Crippen LogP contribution in [0.2, 0.25) is 0 Å². The monoisotopic (exact) mass is 416 g/mol. The summed E-state index contributed by atoms with van der Waals surface area (Å²) in [5.74, 6) is 0.935. The van der Waals surface area contributed by atoms with Crippen LogP contribution in [0.1, 0.15) is 21.5 Å². The minimum absolute atomic E-state index is 0.0653. The highest BCUT2D eigenvalue weighted by Crippen LogP contribution is 2.33. The van der Waals surface area contributed by atoms with Crippen molar-refractivity contribution in [3.63, 3.8) is 0 Å². The number of ether oxygens (including phenoxy) is 2. The number of benzene rings is 2. The topological polar surface area (TPSA) is 76.2 Å². The summed E-state index contributed by atoms with van der Waals surface area (Å²) in [6.07, 6.45) is 0. The Hall–Kier alpha value is -2.58. The lowest BCUT2D eigenvalue weighted by atomic mass is 10.1. The van der Waals surface area contributed by atoms with Crippen LogP contribution in [0.5, 0.6) is 11.5 Å². The van der Waals surface area contributed by atoms with Gasteiger partial charge in [-0.2, -0.15) is 4.31 Å². The maximum absolute atomic E-state index is 13.0. The van der Waals surface area contributed by atoms with Crippen LogP contribution >= 0.6 is 0 Å². The first kappa shape index (κ1) is 19.7. The van der Waals surface area contributed by atoms with Gasteiger partial charge in [-0.15, -0.1) is 0 Å². The number of hydrogen-bond acceptors (Lipinski definition) is 5. The number of rotatable bonds is 3. The summed E-state index contributed by atoms with van der Waals surface area (Å²) in [6.45, 7) is 6.06. The van der Waals surface area contributed by atoms with E-state index in [0.717, 1.165) is 11.1 Å². The molecule has 0 saturated carbocycles. The molecule has 7 nitrogen and oxygen atoms in total. The predicted molar refractivity (Wildman–Crippen MR) is 108 cm³/mol. The van der Waals surface area contributed by atoms with Gasteiger partial charge >= 0.3 is 0 Å². The number of hydrogen-bond donors (Lipinski definition) is 0. The molecule has 1 fully saturated rings. The van der Waals surface area contributed by atoms with Crippen LogP contribution in [0.25, 0.3) is 0 Å². The maximum atomic E-state index is 13.0. The molecule has 29 heavy (non-hydrogen) atoms. The molecule has 1 saturated heterocycles. The van der Waals surface area contributed by atoms with E-state index in [1.54, 1.807) is 11.0 Å². The van der Waals surface area contributed by atoms with Gasteiger partial charge in [0, 0.05) is 37.8 Å². The van der Waals surface area contributed by atoms with Crippen molar-refractivity contribution in [1.29, 1.82) is 0 Å². The number of amides is 1. The molecule has 0 aromatic heterocycles. The van der Waals surface area contributed by atoms with E-state index < -0.39 is 10.0 Å². The molecule has 2 aliphatic heterocycles. The van der Waals surface area contributed by atoms with Gasteiger partial charge in [0.05, 0.1) is 4.90 Å². The standard InChI is InChI=1S/C21H24N2O5S/c1-15-3-4-17(13-16(15)2)21(24)22-7-9-23(10-8-22)29(25,26)18-5-6-19-20(14-18)28-12-11-27-19/h3-6,13-14H,7-12H2,1-2H3. The summed E-state index contributed by atoms with van der Waals surface area (Å²) in [5, 5.41) is 0. The molecule has 154 valence electrons. The Bertz CT molecular complexity index is 1040. The van der Waals surface area contributed by atoms with Gasteiger partial charge in [-0.1, -0.05) is 6.07 Å². The van der Waals surface area contributed by atoms with Crippen molar-refractivity contribution in [2.45, 2.75) is 18.7 Å². The van der Waals surface area contributed by atoms with Gasteiger partial charge in [-0.3, -0.25) is 4.79 Å². The van der Waals surface area contributed by atoms with Crippen molar-refractivity contribution in [3.8, 4) is 11.5 Å². The quantitative estimate of drug-likeness (QED) is 0.767. The number of aryl methyl sites for hydroxylation is 2. The van der Waals surface area contributed by atoms with Gasteiger partial charge in [0.15, 0.2) is 11.5 Å². The molecule has 0 unspecified atom stereocenters. The fraction of sp³-hybridized carbons (Fsp3) is 0.381. The van der Waals surface area contributed by atoms with Crippen LogP contribution in [0.15, 0.2) is 41.3 Å².